The van der Waals surface area contributed by atoms with Crippen LogP contribution < -0.4 is 5.14 Å². The molecule has 0 saturated carbocycles. The van der Waals surface area contributed by atoms with Crippen LogP contribution in [0.4, 0.5) is 0 Å². The van der Waals surface area contributed by atoms with Crippen molar-refractivity contribution in [3.63, 3.8) is 0 Å². The van der Waals surface area contributed by atoms with Crippen molar-refractivity contribution in [2.75, 3.05) is 0 Å². The van der Waals surface area contributed by atoms with Gasteiger partial charge in [0, 0.05) is 4.91 Å². The van der Waals surface area contributed by atoms with Crippen molar-refractivity contribution in [2.45, 2.75) is 34.6 Å². The Morgan fingerprint density at radius 1 is 1.09 bits per heavy atom. The van der Waals surface area contributed by atoms with Gasteiger partial charge in [-0.05, 0) is 18.8 Å². The van der Waals surface area contributed by atoms with Crippen LogP contribution in [0.5, 0.6) is 0 Å². The first kappa shape index (κ1) is 11.1. The van der Waals surface area contributed by atoms with Gasteiger partial charge < -0.3 is 0 Å². The molecule has 0 aromatic rings. The van der Waals surface area contributed by atoms with Gasteiger partial charge in [0.25, 0.3) is 0 Å². The Labute approximate surface area is 74.6 Å². The summed E-state index contributed by atoms with van der Waals surface area (Å²) in [6.07, 6.45) is 0. The van der Waals surface area contributed by atoms with E-state index in [9.17, 15) is 0 Å². The summed E-state index contributed by atoms with van der Waals surface area (Å²) in [5.41, 5.74) is 1.42. The monoisotopic (exact) mass is 173 g/mol. The molecule has 0 bridgehead atoms. The van der Waals surface area contributed by atoms with E-state index in [4.69, 9.17) is 5.14 Å². The summed E-state index contributed by atoms with van der Waals surface area (Å²) in [6.45, 7) is 10.9. The molecule has 0 aliphatic heterocycles. The highest BCUT2D eigenvalue weighted by molar-refractivity contribution is 8.00. The van der Waals surface area contributed by atoms with E-state index < -0.39 is 0 Å². The number of rotatable bonds is 3. The van der Waals surface area contributed by atoms with Crippen LogP contribution in [0.2, 0.25) is 0 Å². The molecule has 0 unspecified atom stereocenters. The van der Waals surface area contributed by atoms with Crippen molar-refractivity contribution in [1.29, 1.82) is 0 Å². The van der Waals surface area contributed by atoms with Gasteiger partial charge in [-0.2, -0.15) is 0 Å². The first-order chi connectivity index (χ1) is 5.00. The Hall–Kier alpha value is 0.0500. The average Bonchev–Trinajstić information content (AvgIpc) is 1.88. The number of hydrogen-bond acceptors (Lipinski definition) is 2. The molecule has 0 rings (SSSR count). The van der Waals surface area contributed by atoms with Gasteiger partial charge in [-0.15, -0.1) is 0 Å². The topological polar surface area (TPSA) is 26.0 Å². The smallest absolute Gasteiger partial charge is 0.00183 e. The number of hydrogen-bond donors (Lipinski definition) is 1. The van der Waals surface area contributed by atoms with Gasteiger partial charge in [-0.25, -0.2) is 0 Å². The van der Waals surface area contributed by atoms with Crippen LogP contribution in [0.25, 0.3) is 0 Å². The highest BCUT2D eigenvalue weighted by Gasteiger charge is 2.08. The zero-order chi connectivity index (χ0) is 9.02. The minimum Gasteiger partial charge on any atom is -0.274 e. The van der Waals surface area contributed by atoms with Crippen LogP contribution in [0, 0.1) is 11.8 Å². The van der Waals surface area contributed by atoms with E-state index in [1.54, 1.807) is 0 Å². The predicted molar refractivity (Wildman–Crippen MR) is 54.2 cm³/mol. The highest BCUT2D eigenvalue weighted by atomic mass is 32.2. The van der Waals surface area contributed by atoms with E-state index in [1.807, 2.05) is 0 Å². The third-order valence-electron chi connectivity index (χ3n) is 1.91. The zero-order valence-electron chi connectivity index (χ0n) is 8.14. The molecule has 0 atom stereocenters. The summed E-state index contributed by atoms with van der Waals surface area (Å²) >= 11 is 1.39. The lowest BCUT2D eigenvalue weighted by Gasteiger charge is -2.15. The second kappa shape index (κ2) is 4.83. The lowest BCUT2D eigenvalue weighted by atomic mass is 10.0. The molecule has 0 aromatic carbocycles. The number of allylic oxidation sites excluding steroid dienone is 2. The van der Waals surface area contributed by atoms with E-state index in [1.165, 1.54) is 22.4 Å². The first-order valence-electron chi connectivity index (χ1n) is 4.08. The molecule has 1 nitrogen and oxygen atoms in total. The molecule has 11 heavy (non-hydrogen) atoms. The first-order valence-corrected chi connectivity index (χ1v) is 4.96. The van der Waals surface area contributed by atoms with Gasteiger partial charge in [0.05, 0.1) is 0 Å². The number of nitrogens with two attached hydrogens (primary N) is 1. The van der Waals surface area contributed by atoms with Crippen LogP contribution in [-0.2, 0) is 0 Å². The zero-order valence-corrected chi connectivity index (χ0v) is 8.96. The molecule has 0 amide bonds. The van der Waals surface area contributed by atoms with Crippen molar-refractivity contribution in [1.82, 2.24) is 0 Å². The van der Waals surface area contributed by atoms with Crippen molar-refractivity contribution >= 4 is 11.9 Å². The van der Waals surface area contributed by atoms with Crippen molar-refractivity contribution in [2.24, 2.45) is 17.0 Å². The van der Waals surface area contributed by atoms with Gasteiger partial charge >= 0.3 is 0 Å². The quantitative estimate of drug-likeness (QED) is 0.663. The molecule has 0 aromatic heterocycles. The van der Waals surface area contributed by atoms with Crippen LogP contribution >= 0.6 is 11.9 Å². The molecular formula is C9H19NS. The third-order valence-corrected chi connectivity index (χ3v) is 2.95. The van der Waals surface area contributed by atoms with Crippen molar-refractivity contribution in [3.8, 4) is 0 Å². The summed E-state index contributed by atoms with van der Waals surface area (Å²) in [7, 11) is 0. The molecule has 2 N–H and O–H groups in total. The maximum atomic E-state index is 5.57. The van der Waals surface area contributed by atoms with Crippen molar-refractivity contribution in [3.05, 3.63) is 10.5 Å². The lowest BCUT2D eigenvalue weighted by Crippen LogP contribution is -2.01. The Morgan fingerprint density at radius 2 is 1.55 bits per heavy atom. The molecule has 0 spiro atoms. The van der Waals surface area contributed by atoms with Crippen LogP contribution in [0.15, 0.2) is 10.5 Å². The molecule has 0 saturated heterocycles. The summed E-state index contributed by atoms with van der Waals surface area (Å²) in [5.74, 6) is 1.18. The Morgan fingerprint density at radius 3 is 1.64 bits per heavy atom. The van der Waals surface area contributed by atoms with Crippen LogP contribution in [-0.4, -0.2) is 0 Å². The Bertz CT molecular complexity index is 148. The van der Waals surface area contributed by atoms with Gasteiger partial charge in [-0.3, -0.25) is 5.14 Å². The molecular weight excluding hydrogens is 154 g/mol. The van der Waals surface area contributed by atoms with E-state index in [2.05, 4.69) is 34.6 Å². The van der Waals surface area contributed by atoms with E-state index in [0.717, 1.165) is 0 Å². The fourth-order valence-electron chi connectivity index (χ4n) is 0.969. The second-order valence-corrected chi connectivity index (χ2v) is 4.15. The van der Waals surface area contributed by atoms with E-state index in [-0.39, 0.29) is 0 Å². The normalized spacial score (nSPS) is 14.2. The molecule has 0 fully saturated rings. The minimum atomic E-state index is 0.562. The second-order valence-electron chi connectivity index (χ2n) is 3.47. The largest absolute Gasteiger partial charge is 0.274 e. The van der Waals surface area contributed by atoms with Gasteiger partial charge in [0.15, 0.2) is 0 Å². The maximum absolute atomic E-state index is 5.57. The van der Waals surface area contributed by atoms with Crippen LogP contribution in [0.1, 0.15) is 34.6 Å². The minimum absolute atomic E-state index is 0.562. The summed E-state index contributed by atoms with van der Waals surface area (Å²) in [6, 6.07) is 0. The van der Waals surface area contributed by atoms with Crippen molar-refractivity contribution < 1.29 is 0 Å². The fourth-order valence-corrected chi connectivity index (χ4v) is 1.66. The average molecular weight is 173 g/mol. The fraction of sp³-hybridized carbons (Fsp3) is 0.778. The lowest BCUT2D eigenvalue weighted by molar-refractivity contribution is 0.722. The molecule has 2 heteroatoms. The summed E-state index contributed by atoms with van der Waals surface area (Å²) < 4.78 is 0. The molecule has 0 heterocycles. The highest BCUT2D eigenvalue weighted by Crippen LogP contribution is 2.26. The standard InChI is InChI=1S/C9H19NS/c1-6(2)8(5)9(11-10)7(3)4/h6-7H,10H2,1-5H3/b9-8+. The van der Waals surface area contributed by atoms with Crippen LogP contribution in [0.3, 0.4) is 0 Å². The SMILES string of the molecule is C/C(=C(\SN)C(C)C)C(C)C. The maximum Gasteiger partial charge on any atom is 0.00183 e. The summed E-state index contributed by atoms with van der Waals surface area (Å²) in [4.78, 5) is 1.33. The van der Waals surface area contributed by atoms with Gasteiger partial charge in [-0.1, -0.05) is 45.2 Å². The Kier molecular flexibility index (Phi) is 4.86. The third kappa shape index (κ3) is 3.30. The molecule has 0 aliphatic carbocycles. The van der Waals surface area contributed by atoms with Gasteiger partial charge in [0.1, 0.15) is 0 Å². The predicted octanol–water partition coefficient (Wildman–Crippen LogP) is 3.18. The summed E-state index contributed by atoms with van der Waals surface area (Å²) in [5, 5.41) is 5.57. The molecule has 0 aliphatic rings. The molecule has 0 radical (unpaired) electrons. The van der Waals surface area contributed by atoms with E-state index in [0.29, 0.717) is 11.8 Å². The Balaban J connectivity index is 4.54. The molecule has 66 valence electrons. The van der Waals surface area contributed by atoms with E-state index >= 15 is 0 Å². The van der Waals surface area contributed by atoms with Gasteiger partial charge in [0.2, 0.25) is 0 Å².